The van der Waals surface area contributed by atoms with E-state index in [0.29, 0.717) is 12.8 Å². The lowest BCUT2D eigenvalue weighted by molar-refractivity contribution is -0.312. The number of hydrogen-bond donors (Lipinski definition) is 3. The molecule has 1 fully saturated rings. The van der Waals surface area contributed by atoms with E-state index in [1.165, 1.54) is 6.92 Å². The summed E-state index contributed by atoms with van der Waals surface area (Å²) < 4.78 is 0. The third-order valence-corrected chi connectivity index (χ3v) is 2.89. The molecule has 0 aromatic heterocycles. The molecule has 3 N–H and O–H groups in total. The Labute approximate surface area is 94.9 Å². The van der Waals surface area contributed by atoms with E-state index in [2.05, 4.69) is 21.6 Å². The Morgan fingerprint density at radius 2 is 1.88 bits per heavy atom. The summed E-state index contributed by atoms with van der Waals surface area (Å²) in [5.74, 6) is 5.36. The molecule has 0 aliphatic heterocycles. The van der Waals surface area contributed by atoms with E-state index in [1.54, 1.807) is 0 Å². The highest BCUT2D eigenvalue weighted by Crippen LogP contribution is 2.30. The Kier molecular flexibility index (Phi) is 4.71. The van der Waals surface area contributed by atoms with Gasteiger partial charge in [-0.25, -0.2) is 9.78 Å². The zero-order valence-electron chi connectivity index (χ0n) is 9.40. The fraction of sp³-hybridized carbons (Fsp3) is 0.818. The van der Waals surface area contributed by atoms with Crippen LogP contribution in [-0.2, 0) is 9.78 Å². The smallest absolute Gasteiger partial charge is 0.183 e. The lowest BCUT2D eigenvalue weighted by Gasteiger charge is -2.29. The number of aliphatic hydroxyl groups is 1. The maximum atomic E-state index is 8.98. The fourth-order valence-electron chi connectivity index (χ4n) is 1.70. The predicted octanol–water partition coefficient (Wildman–Crippen LogP) is 1.42. The van der Waals surface area contributed by atoms with Gasteiger partial charge in [0.2, 0.25) is 0 Å². The van der Waals surface area contributed by atoms with Crippen molar-refractivity contribution in [1.82, 2.24) is 0 Å². The van der Waals surface area contributed by atoms with Crippen LogP contribution in [0.2, 0.25) is 0 Å². The van der Waals surface area contributed by atoms with Gasteiger partial charge in [-0.2, -0.15) is 0 Å². The molecule has 0 amide bonds. The average Bonchev–Trinajstić information content (AvgIpc) is 2.37. The molecule has 0 aromatic rings. The summed E-state index contributed by atoms with van der Waals surface area (Å²) in [6, 6.07) is 0. The van der Waals surface area contributed by atoms with Crippen LogP contribution in [-0.4, -0.2) is 33.4 Å². The van der Waals surface area contributed by atoms with Gasteiger partial charge in [0, 0.05) is 0 Å². The van der Waals surface area contributed by atoms with Gasteiger partial charge in [-0.15, -0.1) is 0 Å². The summed E-state index contributed by atoms with van der Waals surface area (Å²) in [6.07, 6.45) is 4.25. The summed E-state index contributed by atoms with van der Waals surface area (Å²) in [4.78, 5) is 8.58. The molecule has 1 aliphatic rings. The van der Waals surface area contributed by atoms with Gasteiger partial charge in [0.05, 0.1) is 6.61 Å². The molecule has 0 radical (unpaired) electrons. The summed E-state index contributed by atoms with van der Waals surface area (Å²) in [5.41, 5.74) is -2.21. The SMILES string of the molecule is CC(C#CC1(OO)CCCCC1)(CO)OO. The van der Waals surface area contributed by atoms with Crippen LogP contribution < -0.4 is 0 Å². The third kappa shape index (κ3) is 3.17. The van der Waals surface area contributed by atoms with E-state index in [0.717, 1.165) is 19.3 Å². The second-order valence-electron chi connectivity index (χ2n) is 4.38. The first-order valence-corrected chi connectivity index (χ1v) is 5.40. The number of rotatable bonds is 3. The van der Waals surface area contributed by atoms with Gasteiger partial charge in [-0.1, -0.05) is 18.3 Å². The second kappa shape index (κ2) is 5.62. The minimum Gasteiger partial charge on any atom is -0.392 e. The molecule has 1 saturated carbocycles. The van der Waals surface area contributed by atoms with Crippen LogP contribution >= 0.6 is 0 Å². The molecule has 5 nitrogen and oxygen atoms in total. The Bertz CT molecular complexity index is 268. The monoisotopic (exact) mass is 230 g/mol. The Morgan fingerprint density at radius 3 is 2.31 bits per heavy atom. The minimum absolute atomic E-state index is 0.433. The van der Waals surface area contributed by atoms with Crippen molar-refractivity contribution in [1.29, 1.82) is 0 Å². The topological polar surface area (TPSA) is 79.2 Å². The molecule has 1 unspecified atom stereocenters. The van der Waals surface area contributed by atoms with E-state index < -0.39 is 17.8 Å². The summed E-state index contributed by atoms with van der Waals surface area (Å²) >= 11 is 0. The van der Waals surface area contributed by atoms with Crippen molar-refractivity contribution in [3.8, 4) is 11.8 Å². The van der Waals surface area contributed by atoms with Crippen molar-refractivity contribution in [3.05, 3.63) is 0 Å². The Hall–Kier alpha value is -0.640. The van der Waals surface area contributed by atoms with Gasteiger partial charge in [0.1, 0.15) is 0 Å². The molecule has 0 bridgehead atoms. The predicted molar refractivity (Wildman–Crippen MR) is 56.5 cm³/mol. The maximum Gasteiger partial charge on any atom is 0.183 e. The molecule has 1 atom stereocenters. The maximum absolute atomic E-state index is 8.98. The van der Waals surface area contributed by atoms with Crippen molar-refractivity contribution in [2.75, 3.05) is 6.61 Å². The third-order valence-electron chi connectivity index (χ3n) is 2.89. The van der Waals surface area contributed by atoms with Gasteiger partial charge in [-0.05, 0) is 32.6 Å². The van der Waals surface area contributed by atoms with Gasteiger partial charge in [0.25, 0.3) is 0 Å². The van der Waals surface area contributed by atoms with Gasteiger partial charge in [-0.3, -0.25) is 10.5 Å². The van der Waals surface area contributed by atoms with Crippen molar-refractivity contribution >= 4 is 0 Å². The molecule has 0 heterocycles. The number of hydrogen-bond acceptors (Lipinski definition) is 5. The van der Waals surface area contributed by atoms with Crippen LogP contribution in [0, 0.1) is 11.8 Å². The van der Waals surface area contributed by atoms with Crippen molar-refractivity contribution in [2.45, 2.75) is 50.2 Å². The van der Waals surface area contributed by atoms with E-state index >= 15 is 0 Å². The molecule has 0 saturated heterocycles. The zero-order chi connectivity index (χ0) is 12.1. The highest BCUT2D eigenvalue weighted by molar-refractivity contribution is 5.21. The molecule has 92 valence electrons. The first-order chi connectivity index (χ1) is 7.60. The normalized spacial score (nSPS) is 23.0. The highest BCUT2D eigenvalue weighted by atomic mass is 17.1. The van der Waals surface area contributed by atoms with Crippen molar-refractivity contribution in [2.24, 2.45) is 0 Å². The molecule has 16 heavy (non-hydrogen) atoms. The van der Waals surface area contributed by atoms with Gasteiger partial charge < -0.3 is 5.11 Å². The fourth-order valence-corrected chi connectivity index (χ4v) is 1.70. The van der Waals surface area contributed by atoms with Gasteiger partial charge in [0.15, 0.2) is 11.2 Å². The summed E-state index contributed by atoms with van der Waals surface area (Å²) in [6.45, 7) is 1.02. The second-order valence-corrected chi connectivity index (χ2v) is 4.38. The summed E-state index contributed by atoms with van der Waals surface area (Å²) in [7, 11) is 0. The van der Waals surface area contributed by atoms with Gasteiger partial charge >= 0.3 is 0 Å². The first kappa shape index (κ1) is 13.4. The molecule has 0 spiro atoms. The standard InChI is InChI=1S/C11H18O5/c1-10(9-12,15-13)7-8-11(16-14)5-3-2-4-6-11/h12-14H,2-6,9H2,1H3. The van der Waals surface area contributed by atoms with Crippen LogP contribution in [0.5, 0.6) is 0 Å². The van der Waals surface area contributed by atoms with E-state index in [1.807, 2.05) is 0 Å². The zero-order valence-corrected chi connectivity index (χ0v) is 9.40. The van der Waals surface area contributed by atoms with Crippen LogP contribution in [0.3, 0.4) is 0 Å². The van der Waals surface area contributed by atoms with Crippen molar-refractivity contribution in [3.63, 3.8) is 0 Å². The lowest BCUT2D eigenvalue weighted by Crippen LogP contribution is -2.35. The lowest BCUT2D eigenvalue weighted by atomic mass is 9.85. The first-order valence-electron chi connectivity index (χ1n) is 5.40. The Balaban J connectivity index is 2.79. The van der Waals surface area contributed by atoms with Crippen molar-refractivity contribution < 1.29 is 25.4 Å². The largest absolute Gasteiger partial charge is 0.392 e. The molecule has 5 heteroatoms. The van der Waals surface area contributed by atoms with Crippen LogP contribution in [0.15, 0.2) is 0 Å². The van der Waals surface area contributed by atoms with E-state index in [9.17, 15) is 0 Å². The Morgan fingerprint density at radius 1 is 1.25 bits per heavy atom. The van der Waals surface area contributed by atoms with E-state index in [-0.39, 0.29) is 0 Å². The molecular formula is C11H18O5. The highest BCUT2D eigenvalue weighted by Gasteiger charge is 2.33. The molecule has 1 aliphatic carbocycles. The van der Waals surface area contributed by atoms with E-state index in [4.69, 9.17) is 15.6 Å². The molecule has 0 aromatic carbocycles. The average molecular weight is 230 g/mol. The molecular weight excluding hydrogens is 212 g/mol. The number of aliphatic hydroxyl groups excluding tert-OH is 1. The van der Waals surface area contributed by atoms with Crippen LogP contribution in [0.25, 0.3) is 0 Å². The van der Waals surface area contributed by atoms with Crippen LogP contribution in [0.4, 0.5) is 0 Å². The summed E-state index contributed by atoms with van der Waals surface area (Å²) in [5, 5.41) is 26.5. The minimum atomic E-state index is -1.33. The van der Waals surface area contributed by atoms with Crippen LogP contribution in [0.1, 0.15) is 39.0 Å². The molecule has 1 rings (SSSR count). The quantitative estimate of drug-likeness (QED) is 0.388.